The van der Waals surface area contributed by atoms with Gasteiger partial charge < -0.3 is 10.6 Å². The molecule has 0 aliphatic rings. The van der Waals surface area contributed by atoms with Gasteiger partial charge in [0.1, 0.15) is 12.4 Å². The van der Waals surface area contributed by atoms with E-state index in [0.717, 1.165) is 0 Å². The molecule has 0 unspecified atom stereocenters. The Labute approximate surface area is 200 Å². The van der Waals surface area contributed by atoms with Crippen LogP contribution in [0.2, 0.25) is 0 Å². The fourth-order valence-corrected chi connectivity index (χ4v) is 3.25. The van der Waals surface area contributed by atoms with Crippen molar-refractivity contribution in [1.82, 2.24) is 4.57 Å². The Hall–Kier alpha value is -4.55. The molecule has 4 amide bonds. The lowest BCUT2D eigenvalue weighted by Crippen LogP contribution is -2.43. The maximum atomic E-state index is 12.6. The number of nitrogens with zero attached hydrogens (tertiary/aromatic N) is 4. The minimum atomic E-state index is -0.690. The van der Waals surface area contributed by atoms with Crippen molar-refractivity contribution < 1.29 is 34.2 Å². The monoisotopic (exact) mass is 481 g/mol. The van der Waals surface area contributed by atoms with E-state index in [4.69, 9.17) is 0 Å². The molecule has 0 fully saturated rings. The van der Waals surface area contributed by atoms with Crippen LogP contribution in [0.25, 0.3) is 0 Å². The number of aromatic nitrogens is 2. The summed E-state index contributed by atoms with van der Waals surface area (Å²) in [5.74, 6) is -2.09. The SMILES string of the molecule is CC(=O)Nc1ccccc1N(O)C(=O)Cn1cc[n+](CC(=O)N(O)c2ccccc2NC(C)=O)c1. The molecule has 0 aliphatic carbocycles. The number of para-hydroxylation sites is 4. The van der Waals surface area contributed by atoms with Gasteiger partial charge >= 0.3 is 0 Å². The van der Waals surface area contributed by atoms with Crippen LogP contribution in [-0.4, -0.2) is 38.6 Å². The summed E-state index contributed by atoms with van der Waals surface area (Å²) < 4.78 is 2.87. The summed E-state index contributed by atoms with van der Waals surface area (Å²) in [5.41, 5.74) is 0.756. The van der Waals surface area contributed by atoms with E-state index in [1.807, 2.05) is 0 Å². The van der Waals surface area contributed by atoms with E-state index in [0.29, 0.717) is 10.1 Å². The van der Waals surface area contributed by atoms with Gasteiger partial charge in [-0.15, -0.1) is 0 Å². The first-order chi connectivity index (χ1) is 16.7. The number of hydrogen-bond acceptors (Lipinski definition) is 6. The quantitative estimate of drug-likeness (QED) is 0.218. The van der Waals surface area contributed by atoms with Crippen LogP contribution in [0.5, 0.6) is 0 Å². The molecular formula is C23H25N6O6+. The average Bonchev–Trinajstić information content (AvgIpc) is 3.24. The number of imidazole rings is 1. The van der Waals surface area contributed by atoms with Crippen LogP contribution in [0.1, 0.15) is 13.8 Å². The molecule has 3 aromatic rings. The van der Waals surface area contributed by atoms with Crippen molar-refractivity contribution >= 4 is 46.4 Å². The number of hydrogen-bond donors (Lipinski definition) is 4. The van der Waals surface area contributed by atoms with Gasteiger partial charge in [0.05, 0.1) is 22.7 Å². The van der Waals surface area contributed by atoms with E-state index in [9.17, 15) is 29.6 Å². The van der Waals surface area contributed by atoms with E-state index in [2.05, 4.69) is 10.6 Å². The van der Waals surface area contributed by atoms with E-state index in [-0.39, 0.29) is 47.7 Å². The molecule has 0 saturated heterocycles. The normalized spacial score (nSPS) is 10.4. The lowest BCUT2D eigenvalue weighted by molar-refractivity contribution is -0.683. The average molecular weight is 481 g/mol. The fraction of sp³-hybridized carbons (Fsp3) is 0.174. The zero-order chi connectivity index (χ0) is 25.5. The van der Waals surface area contributed by atoms with Crippen molar-refractivity contribution in [3.05, 3.63) is 67.3 Å². The molecule has 1 aromatic heterocycles. The maximum absolute atomic E-state index is 12.6. The summed E-state index contributed by atoms with van der Waals surface area (Å²) in [6.07, 6.45) is 4.49. The second-order valence-corrected chi connectivity index (χ2v) is 7.57. The summed E-state index contributed by atoms with van der Waals surface area (Å²) in [6, 6.07) is 12.6. The highest BCUT2D eigenvalue weighted by molar-refractivity contribution is 5.99. The number of carbonyl (C=O) groups is 4. The molecule has 4 N–H and O–H groups in total. The Morgan fingerprint density at radius 2 is 1.31 bits per heavy atom. The van der Waals surface area contributed by atoms with Crippen LogP contribution in [0.3, 0.4) is 0 Å². The van der Waals surface area contributed by atoms with E-state index < -0.39 is 11.8 Å². The van der Waals surface area contributed by atoms with Gasteiger partial charge in [0.25, 0.3) is 11.8 Å². The Morgan fingerprint density at radius 3 is 1.83 bits per heavy atom. The number of hydroxylamine groups is 2. The Kier molecular flexibility index (Phi) is 7.92. The zero-order valence-corrected chi connectivity index (χ0v) is 19.1. The summed E-state index contributed by atoms with van der Waals surface area (Å²) >= 11 is 0. The molecule has 12 nitrogen and oxygen atoms in total. The predicted octanol–water partition coefficient (Wildman–Crippen LogP) is 1.54. The van der Waals surface area contributed by atoms with Crippen LogP contribution >= 0.6 is 0 Å². The van der Waals surface area contributed by atoms with Crippen LogP contribution in [0, 0.1) is 0 Å². The zero-order valence-electron chi connectivity index (χ0n) is 19.1. The van der Waals surface area contributed by atoms with Crippen molar-refractivity contribution in [1.29, 1.82) is 0 Å². The lowest BCUT2D eigenvalue weighted by atomic mass is 10.2. The summed E-state index contributed by atoms with van der Waals surface area (Å²) in [6.45, 7) is 2.10. The molecule has 0 saturated carbocycles. The molecule has 2 aromatic carbocycles. The number of anilines is 4. The van der Waals surface area contributed by atoms with Crippen LogP contribution in [0.4, 0.5) is 22.7 Å². The van der Waals surface area contributed by atoms with Crippen molar-refractivity contribution in [3.8, 4) is 0 Å². The predicted molar refractivity (Wildman–Crippen MR) is 125 cm³/mol. The molecule has 3 rings (SSSR count). The van der Waals surface area contributed by atoms with Crippen LogP contribution < -0.4 is 25.3 Å². The third-order valence-electron chi connectivity index (χ3n) is 4.74. The fourth-order valence-electron chi connectivity index (χ4n) is 3.25. The molecule has 0 bridgehead atoms. The molecule has 12 heteroatoms. The third-order valence-corrected chi connectivity index (χ3v) is 4.74. The maximum Gasteiger partial charge on any atom is 0.292 e. The highest BCUT2D eigenvalue weighted by atomic mass is 16.5. The van der Waals surface area contributed by atoms with Crippen molar-refractivity contribution in [2.24, 2.45) is 0 Å². The first kappa shape index (κ1) is 25.1. The smallest absolute Gasteiger partial charge is 0.292 e. The van der Waals surface area contributed by atoms with E-state index in [1.165, 1.54) is 53.8 Å². The molecule has 0 atom stereocenters. The summed E-state index contributed by atoms with van der Waals surface area (Å²) in [4.78, 5) is 47.9. The number of amides is 4. The van der Waals surface area contributed by atoms with Gasteiger partial charge in [-0.05, 0) is 24.3 Å². The summed E-state index contributed by atoms with van der Waals surface area (Å²) in [7, 11) is 0. The highest BCUT2D eigenvalue weighted by Crippen LogP contribution is 2.25. The third kappa shape index (κ3) is 6.50. The number of nitrogens with one attached hydrogen (secondary N) is 2. The Morgan fingerprint density at radius 1 is 0.829 bits per heavy atom. The summed E-state index contributed by atoms with van der Waals surface area (Å²) in [5, 5.41) is 26.7. The van der Waals surface area contributed by atoms with Crippen LogP contribution in [-0.2, 0) is 32.3 Å². The molecule has 1 heterocycles. The molecule has 0 radical (unpaired) electrons. The van der Waals surface area contributed by atoms with Gasteiger partial charge in [-0.25, -0.2) is 9.13 Å². The van der Waals surface area contributed by atoms with Gasteiger partial charge in [-0.1, -0.05) is 24.3 Å². The molecule has 35 heavy (non-hydrogen) atoms. The largest absolute Gasteiger partial charge is 0.324 e. The van der Waals surface area contributed by atoms with Gasteiger partial charge in [0, 0.05) is 13.8 Å². The number of benzene rings is 2. The second-order valence-electron chi connectivity index (χ2n) is 7.57. The number of rotatable bonds is 8. The van der Waals surface area contributed by atoms with Gasteiger partial charge in [-0.2, -0.15) is 10.1 Å². The topological polar surface area (TPSA) is 148 Å². The van der Waals surface area contributed by atoms with Gasteiger partial charge in [-0.3, -0.25) is 29.6 Å². The minimum absolute atomic E-state index is 0.108. The minimum Gasteiger partial charge on any atom is -0.324 e. The van der Waals surface area contributed by atoms with Gasteiger partial charge in [0.15, 0.2) is 13.1 Å². The molecule has 182 valence electrons. The van der Waals surface area contributed by atoms with Gasteiger partial charge in [0.2, 0.25) is 18.1 Å². The second kappa shape index (κ2) is 11.0. The van der Waals surface area contributed by atoms with E-state index >= 15 is 0 Å². The molecule has 0 aliphatic heterocycles. The first-order valence-corrected chi connectivity index (χ1v) is 10.5. The lowest BCUT2D eigenvalue weighted by Gasteiger charge is -2.18. The van der Waals surface area contributed by atoms with Crippen molar-refractivity contribution in [3.63, 3.8) is 0 Å². The van der Waals surface area contributed by atoms with Crippen molar-refractivity contribution in [2.45, 2.75) is 26.9 Å². The Bertz CT molecular complexity index is 1160. The van der Waals surface area contributed by atoms with Crippen LogP contribution in [0.15, 0.2) is 67.3 Å². The highest BCUT2D eigenvalue weighted by Gasteiger charge is 2.22. The number of carbonyl (C=O) groups excluding carboxylic acids is 4. The standard InChI is InChI=1S/C23H24N6O6/c1-16(30)24-18-7-3-5-9-20(18)28(34)22(32)13-26-11-12-27(15-26)14-23(33)29(35)21-10-6-4-8-19(21)25-17(2)31/h3-12,15,34-35H,13-14H2,1-2H3,(H-,24,25,30,31)/p+1. The molecular weight excluding hydrogens is 456 g/mol. The van der Waals surface area contributed by atoms with Crippen molar-refractivity contribution in [2.75, 3.05) is 20.8 Å². The Balaban J connectivity index is 1.66. The first-order valence-electron chi connectivity index (χ1n) is 10.5. The van der Waals surface area contributed by atoms with E-state index in [1.54, 1.807) is 36.4 Å². The molecule has 0 spiro atoms.